The number of hydrogen-bond acceptors (Lipinski definition) is 5. The molecule has 2 bridgehead atoms. The number of H-pyrrole nitrogens is 1. The molecule has 184 valence electrons. The monoisotopic (exact) mass is 473 g/mol. The Morgan fingerprint density at radius 2 is 2.00 bits per heavy atom. The summed E-state index contributed by atoms with van der Waals surface area (Å²) >= 11 is 0. The first kappa shape index (κ1) is 22.0. The number of hydrogen-bond donors (Lipinski definition) is 3. The Hall–Kier alpha value is -2.25. The number of fused-ring (bicyclic) bond motifs is 2. The fourth-order valence-corrected chi connectivity index (χ4v) is 8.25. The summed E-state index contributed by atoms with van der Waals surface area (Å²) < 4.78 is 7.24. The Balaban J connectivity index is 1.30. The number of nitrogens with one attached hydrogen (secondary N) is 1. The van der Waals surface area contributed by atoms with Crippen LogP contribution < -0.4 is 0 Å². The minimum Gasteiger partial charge on any atom is -0.388 e. The van der Waals surface area contributed by atoms with E-state index in [1.165, 1.54) is 22.1 Å². The third kappa shape index (κ3) is 2.66. The summed E-state index contributed by atoms with van der Waals surface area (Å²) in [5, 5.41) is 30.7. The van der Waals surface area contributed by atoms with Gasteiger partial charge in [0, 0.05) is 28.5 Å². The highest BCUT2D eigenvalue weighted by molar-refractivity contribution is 5.87. The van der Waals surface area contributed by atoms with Crippen molar-refractivity contribution in [2.75, 3.05) is 14.1 Å². The largest absolute Gasteiger partial charge is 0.388 e. The van der Waals surface area contributed by atoms with Crippen LogP contribution in [0.5, 0.6) is 0 Å². The first-order valence-electron chi connectivity index (χ1n) is 13.0. The molecule has 2 fully saturated rings. The molecule has 1 saturated carbocycles. The molecule has 0 radical (unpaired) electrons. The number of aliphatic hydroxyl groups excluding tert-OH is 2. The maximum atomic E-state index is 11.1. The summed E-state index contributed by atoms with van der Waals surface area (Å²) in [5.41, 5.74) is 6.08. The highest BCUT2D eigenvalue weighted by atomic mass is 16.5. The molecule has 2 aromatic rings. The summed E-state index contributed by atoms with van der Waals surface area (Å²) in [4.78, 5) is 2.04. The van der Waals surface area contributed by atoms with Gasteiger partial charge in [-0.1, -0.05) is 31.2 Å². The lowest BCUT2D eigenvalue weighted by Gasteiger charge is -2.55. The van der Waals surface area contributed by atoms with Crippen LogP contribution in [0.4, 0.5) is 0 Å². The van der Waals surface area contributed by atoms with Crippen LogP contribution in [-0.2, 0) is 4.74 Å². The van der Waals surface area contributed by atoms with Crippen molar-refractivity contribution in [2.24, 2.45) is 11.3 Å². The fraction of sp³-hybridized carbons (Fsp3) is 0.552. The Morgan fingerprint density at radius 3 is 2.80 bits per heavy atom. The standard InChI is InChI=1S/C29H35N3O3/c1-16-19-13-17(5-7-22(19)31-30-16)20-6-8-24-27(20,2)10-9-18-14-21-25(33)26(34)23(32(3)4)15-28(21)11-12-29(18,24)35-28/h5-7,9,13-14,23-26,33-34H,8,10-12,15H2,1-4H3,(H,30,31)/t23-,24?,25+,26+,27+,28+,29+/m0/s1. The van der Waals surface area contributed by atoms with Gasteiger partial charge in [-0.2, -0.15) is 5.10 Å². The summed E-state index contributed by atoms with van der Waals surface area (Å²) in [5.74, 6) is 0.352. The number of aromatic amines is 1. The van der Waals surface area contributed by atoms with Gasteiger partial charge in [0.25, 0.3) is 0 Å². The zero-order chi connectivity index (χ0) is 24.3. The summed E-state index contributed by atoms with van der Waals surface area (Å²) in [6.07, 6.45) is 9.84. The van der Waals surface area contributed by atoms with Gasteiger partial charge < -0.3 is 19.8 Å². The number of ether oxygens (including phenoxy) is 1. The Kier molecular flexibility index (Phi) is 4.36. The van der Waals surface area contributed by atoms with Gasteiger partial charge in [0.1, 0.15) is 6.10 Å². The Morgan fingerprint density at radius 1 is 1.17 bits per heavy atom. The van der Waals surface area contributed by atoms with E-state index in [0.717, 1.165) is 48.9 Å². The molecular weight excluding hydrogens is 438 g/mol. The van der Waals surface area contributed by atoms with E-state index in [4.69, 9.17) is 4.74 Å². The molecule has 3 N–H and O–H groups in total. The molecule has 6 heteroatoms. The highest BCUT2D eigenvalue weighted by Crippen LogP contribution is 2.67. The number of aromatic nitrogens is 2. The van der Waals surface area contributed by atoms with Crippen LogP contribution in [0, 0.1) is 18.3 Å². The SMILES string of the molecule is Cc1[nH]nc2ccc(C3=CCC4[C@]3(C)CC=C3C=C5[C@@H](O)[C@H](O)[C@@H](N(C)C)C[C@]56CC[C@@]34O6)cc12. The maximum absolute atomic E-state index is 11.1. The van der Waals surface area contributed by atoms with Crippen LogP contribution in [0.15, 0.2) is 47.6 Å². The van der Waals surface area contributed by atoms with E-state index in [2.05, 4.69) is 60.5 Å². The molecule has 7 atom stereocenters. The van der Waals surface area contributed by atoms with E-state index in [1.54, 1.807) is 0 Å². The number of allylic oxidation sites excluding steroid dienone is 3. The third-order valence-electron chi connectivity index (χ3n) is 10.1. The van der Waals surface area contributed by atoms with Gasteiger partial charge in [0.05, 0.1) is 22.8 Å². The lowest BCUT2D eigenvalue weighted by Crippen LogP contribution is -2.61. The fourth-order valence-electron chi connectivity index (χ4n) is 8.25. The zero-order valence-corrected chi connectivity index (χ0v) is 21.0. The first-order valence-corrected chi connectivity index (χ1v) is 13.0. The number of likely N-dealkylation sites (N-methyl/N-ethyl adjacent to an activating group) is 1. The van der Waals surface area contributed by atoms with Gasteiger partial charge >= 0.3 is 0 Å². The van der Waals surface area contributed by atoms with Crippen LogP contribution in [0.1, 0.15) is 50.3 Å². The van der Waals surface area contributed by atoms with Crippen LogP contribution in [0.2, 0.25) is 0 Å². The summed E-state index contributed by atoms with van der Waals surface area (Å²) in [6.45, 7) is 4.50. The van der Waals surface area contributed by atoms with Gasteiger partial charge in [0.15, 0.2) is 0 Å². The molecule has 2 spiro atoms. The van der Waals surface area contributed by atoms with Gasteiger partial charge in [-0.05, 0) is 87.5 Å². The second-order valence-corrected chi connectivity index (χ2v) is 12.0. The second-order valence-electron chi connectivity index (χ2n) is 12.0. The van der Waals surface area contributed by atoms with Gasteiger partial charge in [-0.25, -0.2) is 0 Å². The minimum atomic E-state index is -0.886. The van der Waals surface area contributed by atoms with E-state index in [9.17, 15) is 10.2 Å². The molecular formula is C29H35N3O3. The summed E-state index contributed by atoms with van der Waals surface area (Å²) in [6, 6.07) is 6.51. The average Bonchev–Trinajstić information content (AvgIpc) is 3.48. The number of nitrogens with zero attached hydrogens (tertiary/aromatic N) is 2. The molecule has 1 aromatic heterocycles. The first-order chi connectivity index (χ1) is 16.7. The van der Waals surface area contributed by atoms with Gasteiger partial charge in [-0.15, -0.1) is 0 Å². The lowest BCUT2D eigenvalue weighted by molar-refractivity contribution is -0.161. The number of aryl methyl sites for hydroxylation is 1. The van der Waals surface area contributed by atoms with Crippen molar-refractivity contribution in [1.82, 2.24) is 15.1 Å². The van der Waals surface area contributed by atoms with Crippen LogP contribution in [0.25, 0.3) is 16.5 Å². The van der Waals surface area contributed by atoms with Crippen LogP contribution in [0.3, 0.4) is 0 Å². The third-order valence-corrected chi connectivity index (χ3v) is 10.1. The molecule has 1 unspecified atom stereocenters. The highest BCUT2D eigenvalue weighted by Gasteiger charge is 2.67. The maximum Gasteiger partial charge on any atom is 0.105 e. The molecule has 0 amide bonds. The molecule has 1 saturated heterocycles. The number of aliphatic hydroxyl groups is 2. The van der Waals surface area contributed by atoms with Crippen molar-refractivity contribution in [3.8, 4) is 0 Å². The van der Waals surface area contributed by atoms with Crippen molar-refractivity contribution in [1.29, 1.82) is 0 Å². The molecule has 1 aromatic carbocycles. The smallest absolute Gasteiger partial charge is 0.105 e. The van der Waals surface area contributed by atoms with Crippen molar-refractivity contribution < 1.29 is 14.9 Å². The topological polar surface area (TPSA) is 81.6 Å². The molecule has 2 aliphatic heterocycles. The predicted octanol–water partition coefficient (Wildman–Crippen LogP) is 3.89. The lowest BCUT2D eigenvalue weighted by atomic mass is 9.58. The number of rotatable bonds is 2. The molecule has 35 heavy (non-hydrogen) atoms. The normalized spacial score (nSPS) is 41.9. The van der Waals surface area contributed by atoms with Gasteiger partial charge in [-0.3, -0.25) is 5.10 Å². The molecule has 6 nitrogen and oxygen atoms in total. The predicted molar refractivity (Wildman–Crippen MR) is 136 cm³/mol. The minimum absolute atomic E-state index is 0.0144. The second kappa shape index (κ2) is 6.94. The van der Waals surface area contributed by atoms with Crippen LogP contribution >= 0.6 is 0 Å². The summed E-state index contributed by atoms with van der Waals surface area (Å²) in [7, 11) is 3.96. The van der Waals surface area contributed by atoms with E-state index in [0.29, 0.717) is 5.92 Å². The molecule has 7 rings (SSSR count). The van der Waals surface area contributed by atoms with Crippen molar-refractivity contribution in [2.45, 2.75) is 75.4 Å². The van der Waals surface area contributed by atoms with Crippen molar-refractivity contribution >= 4 is 16.5 Å². The molecule has 5 aliphatic rings. The molecule has 3 aliphatic carbocycles. The van der Waals surface area contributed by atoms with Crippen LogP contribution in [-0.4, -0.2) is 68.9 Å². The Bertz CT molecular complexity index is 1340. The van der Waals surface area contributed by atoms with Gasteiger partial charge in [0.2, 0.25) is 0 Å². The zero-order valence-electron chi connectivity index (χ0n) is 21.0. The molecule has 3 heterocycles. The average molecular weight is 474 g/mol. The van der Waals surface area contributed by atoms with E-state index < -0.39 is 17.8 Å². The Labute approximate surface area is 206 Å². The quantitative estimate of drug-likeness (QED) is 0.617. The van der Waals surface area contributed by atoms with E-state index in [1.807, 2.05) is 19.0 Å². The van der Waals surface area contributed by atoms with E-state index >= 15 is 0 Å². The van der Waals surface area contributed by atoms with E-state index in [-0.39, 0.29) is 17.1 Å². The number of benzene rings is 1. The van der Waals surface area contributed by atoms with Crippen molar-refractivity contribution in [3.63, 3.8) is 0 Å². The van der Waals surface area contributed by atoms with Crippen molar-refractivity contribution in [3.05, 3.63) is 58.8 Å².